The van der Waals surface area contributed by atoms with Crippen molar-refractivity contribution in [3.63, 3.8) is 0 Å². The van der Waals surface area contributed by atoms with Gasteiger partial charge >= 0.3 is 0 Å². The number of piperidine rings is 1. The van der Waals surface area contributed by atoms with Crippen molar-refractivity contribution in [2.24, 2.45) is 13.0 Å². The van der Waals surface area contributed by atoms with Crippen molar-refractivity contribution in [1.29, 1.82) is 0 Å². The van der Waals surface area contributed by atoms with Crippen molar-refractivity contribution in [3.8, 4) is 0 Å². The van der Waals surface area contributed by atoms with Crippen molar-refractivity contribution in [3.05, 3.63) is 65.4 Å². The highest BCUT2D eigenvalue weighted by atomic mass is 19.1. The Morgan fingerprint density at radius 3 is 2.70 bits per heavy atom. The number of aromatic nitrogens is 2. The molecule has 1 amide bonds. The lowest BCUT2D eigenvalue weighted by molar-refractivity contribution is 0.0681. The van der Waals surface area contributed by atoms with Crippen LogP contribution >= 0.6 is 0 Å². The first-order valence-corrected chi connectivity index (χ1v) is 10.4. The Balaban J connectivity index is 1.25. The molecule has 0 spiro atoms. The minimum absolute atomic E-state index is 0.0318. The van der Waals surface area contributed by atoms with Crippen LogP contribution in [0, 0.1) is 17.6 Å². The van der Waals surface area contributed by atoms with Crippen LogP contribution < -0.4 is 5.32 Å². The molecule has 3 aromatic rings. The minimum atomic E-state index is -0.551. The summed E-state index contributed by atoms with van der Waals surface area (Å²) in [6, 6.07) is 11.4. The number of nitrogens with zero attached hydrogens (tertiary/aromatic N) is 3. The number of benzene rings is 2. The van der Waals surface area contributed by atoms with Gasteiger partial charge in [-0.25, -0.2) is 8.78 Å². The molecule has 1 saturated heterocycles. The number of fused-ring (bicyclic) bond motifs is 1. The number of aryl methyl sites for hydroxylation is 1. The number of nitrogens with one attached hydrogen (secondary N) is 1. The number of amides is 1. The summed E-state index contributed by atoms with van der Waals surface area (Å²) in [5.74, 6) is -0.532. The molecule has 4 rings (SSSR count). The van der Waals surface area contributed by atoms with Gasteiger partial charge in [-0.2, -0.15) is 5.10 Å². The molecule has 1 N–H and O–H groups in total. The smallest absolute Gasteiger partial charge is 0.272 e. The Hall–Kier alpha value is -2.80. The predicted molar refractivity (Wildman–Crippen MR) is 112 cm³/mol. The van der Waals surface area contributed by atoms with E-state index >= 15 is 0 Å². The van der Waals surface area contributed by atoms with Gasteiger partial charge in [-0.1, -0.05) is 24.3 Å². The van der Waals surface area contributed by atoms with E-state index in [1.54, 1.807) is 4.68 Å². The molecular formula is C23H26F2N4O. The van der Waals surface area contributed by atoms with E-state index in [9.17, 15) is 13.6 Å². The van der Waals surface area contributed by atoms with Crippen LogP contribution in [0.3, 0.4) is 0 Å². The standard InChI is InChI=1S/C23H26F2N4O/c1-28-22(19-4-2-3-5-21(19)27-28)23(30)29-12-9-16(10-13-29)15-26-11-8-17-6-7-18(24)14-20(17)25/h2-7,14,16,26H,8-13,15H2,1H3. The Labute approximate surface area is 174 Å². The van der Waals surface area contributed by atoms with Crippen LogP contribution in [0.4, 0.5) is 8.78 Å². The van der Waals surface area contributed by atoms with E-state index in [4.69, 9.17) is 0 Å². The number of carbonyl (C=O) groups excluding carboxylic acids is 1. The average Bonchev–Trinajstić information content (AvgIpc) is 3.08. The fourth-order valence-corrected chi connectivity index (χ4v) is 4.14. The SMILES string of the molecule is Cn1nc2ccccc2c1C(=O)N1CCC(CNCCc2ccc(F)cc2F)CC1. The van der Waals surface area contributed by atoms with Crippen LogP contribution in [0.15, 0.2) is 42.5 Å². The maximum absolute atomic E-state index is 13.7. The van der Waals surface area contributed by atoms with E-state index in [2.05, 4.69) is 10.4 Å². The number of carbonyl (C=O) groups is 1. The van der Waals surface area contributed by atoms with Crippen molar-refractivity contribution in [2.75, 3.05) is 26.2 Å². The first-order chi connectivity index (χ1) is 14.5. The number of hydrogen-bond donors (Lipinski definition) is 1. The summed E-state index contributed by atoms with van der Waals surface area (Å²) in [7, 11) is 1.81. The summed E-state index contributed by atoms with van der Waals surface area (Å²) in [5, 5.41) is 8.70. The number of halogens is 2. The average molecular weight is 412 g/mol. The Morgan fingerprint density at radius 1 is 1.17 bits per heavy atom. The fraction of sp³-hybridized carbons (Fsp3) is 0.391. The number of hydrogen-bond acceptors (Lipinski definition) is 3. The molecule has 1 fully saturated rings. The van der Waals surface area contributed by atoms with E-state index in [0.717, 1.165) is 49.4 Å². The Kier molecular flexibility index (Phi) is 6.08. The maximum Gasteiger partial charge on any atom is 0.272 e. The molecule has 1 aliphatic heterocycles. The third kappa shape index (κ3) is 4.36. The molecule has 7 heteroatoms. The van der Waals surface area contributed by atoms with E-state index in [-0.39, 0.29) is 5.91 Å². The predicted octanol–water partition coefficient (Wildman–Crippen LogP) is 3.54. The highest BCUT2D eigenvalue weighted by Gasteiger charge is 2.26. The summed E-state index contributed by atoms with van der Waals surface area (Å²) >= 11 is 0. The van der Waals surface area contributed by atoms with E-state index in [1.165, 1.54) is 12.1 Å². The van der Waals surface area contributed by atoms with Gasteiger partial charge in [0, 0.05) is 31.6 Å². The normalized spacial score (nSPS) is 15.1. The lowest BCUT2D eigenvalue weighted by Gasteiger charge is -2.32. The molecule has 2 heterocycles. The zero-order chi connectivity index (χ0) is 21.1. The van der Waals surface area contributed by atoms with Gasteiger partial charge < -0.3 is 10.2 Å². The zero-order valence-electron chi connectivity index (χ0n) is 17.1. The maximum atomic E-state index is 13.7. The van der Waals surface area contributed by atoms with Crippen LogP contribution in [0.5, 0.6) is 0 Å². The molecule has 0 atom stereocenters. The molecule has 158 valence electrons. The van der Waals surface area contributed by atoms with Gasteiger partial charge in [0.05, 0.1) is 5.52 Å². The molecule has 0 radical (unpaired) electrons. The second kappa shape index (κ2) is 8.92. The van der Waals surface area contributed by atoms with Gasteiger partial charge in [0.2, 0.25) is 0 Å². The van der Waals surface area contributed by atoms with E-state index in [0.29, 0.717) is 30.1 Å². The quantitative estimate of drug-likeness (QED) is 0.630. The van der Waals surface area contributed by atoms with Crippen LogP contribution in [0.25, 0.3) is 10.9 Å². The van der Waals surface area contributed by atoms with Crippen molar-refractivity contribution in [1.82, 2.24) is 20.0 Å². The minimum Gasteiger partial charge on any atom is -0.337 e. The summed E-state index contributed by atoms with van der Waals surface area (Å²) < 4.78 is 28.3. The zero-order valence-corrected chi connectivity index (χ0v) is 17.1. The van der Waals surface area contributed by atoms with Crippen molar-refractivity contribution >= 4 is 16.8 Å². The van der Waals surface area contributed by atoms with Gasteiger partial charge in [0.1, 0.15) is 17.3 Å². The number of rotatable bonds is 6. The van der Waals surface area contributed by atoms with Crippen molar-refractivity contribution < 1.29 is 13.6 Å². The molecule has 0 saturated carbocycles. The van der Waals surface area contributed by atoms with Gasteiger partial charge in [0.25, 0.3) is 5.91 Å². The molecule has 0 bridgehead atoms. The molecule has 0 aliphatic carbocycles. The van der Waals surface area contributed by atoms with Gasteiger partial charge in [-0.05, 0) is 56.0 Å². The molecular weight excluding hydrogens is 386 g/mol. The molecule has 1 aliphatic rings. The summed E-state index contributed by atoms with van der Waals surface area (Å²) in [5.41, 5.74) is 2.00. The van der Waals surface area contributed by atoms with Crippen LogP contribution in [-0.4, -0.2) is 46.8 Å². The lowest BCUT2D eigenvalue weighted by atomic mass is 9.96. The third-order valence-electron chi connectivity index (χ3n) is 5.86. The molecule has 30 heavy (non-hydrogen) atoms. The lowest BCUT2D eigenvalue weighted by Crippen LogP contribution is -2.41. The highest BCUT2D eigenvalue weighted by Crippen LogP contribution is 2.23. The Bertz CT molecular complexity index is 1040. The number of likely N-dealkylation sites (tertiary alicyclic amines) is 1. The van der Waals surface area contributed by atoms with Crippen LogP contribution in [0.1, 0.15) is 28.9 Å². The van der Waals surface area contributed by atoms with E-state index in [1.807, 2.05) is 36.2 Å². The van der Waals surface area contributed by atoms with Gasteiger partial charge in [-0.15, -0.1) is 0 Å². The molecule has 5 nitrogen and oxygen atoms in total. The highest BCUT2D eigenvalue weighted by molar-refractivity contribution is 6.05. The second-order valence-corrected chi connectivity index (χ2v) is 7.91. The summed E-state index contributed by atoms with van der Waals surface area (Å²) in [6.07, 6.45) is 2.38. The summed E-state index contributed by atoms with van der Waals surface area (Å²) in [6.45, 7) is 2.91. The van der Waals surface area contributed by atoms with Crippen molar-refractivity contribution in [2.45, 2.75) is 19.3 Å². The molecule has 2 aromatic carbocycles. The first kappa shape index (κ1) is 20.5. The Morgan fingerprint density at radius 2 is 1.93 bits per heavy atom. The summed E-state index contributed by atoms with van der Waals surface area (Å²) in [4.78, 5) is 15.0. The first-order valence-electron chi connectivity index (χ1n) is 10.4. The van der Waals surface area contributed by atoms with Crippen LogP contribution in [0.2, 0.25) is 0 Å². The van der Waals surface area contributed by atoms with Gasteiger partial charge in [-0.3, -0.25) is 9.48 Å². The fourth-order valence-electron chi connectivity index (χ4n) is 4.14. The topological polar surface area (TPSA) is 50.2 Å². The molecule has 1 aromatic heterocycles. The third-order valence-corrected chi connectivity index (χ3v) is 5.86. The van der Waals surface area contributed by atoms with E-state index < -0.39 is 11.6 Å². The molecule has 0 unspecified atom stereocenters. The van der Waals surface area contributed by atoms with Crippen LogP contribution in [-0.2, 0) is 13.5 Å². The second-order valence-electron chi connectivity index (χ2n) is 7.91. The van der Waals surface area contributed by atoms with Gasteiger partial charge in [0.15, 0.2) is 0 Å². The monoisotopic (exact) mass is 412 g/mol. The largest absolute Gasteiger partial charge is 0.337 e.